The van der Waals surface area contributed by atoms with Crippen molar-refractivity contribution in [2.24, 2.45) is 11.8 Å². The van der Waals surface area contributed by atoms with Crippen LogP contribution in [-0.2, 0) is 4.79 Å². The predicted octanol–water partition coefficient (Wildman–Crippen LogP) is 2.87. The molecule has 0 bridgehead atoms. The van der Waals surface area contributed by atoms with Crippen LogP contribution in [0.4, 0.5) is 0 Å². The van der Waals surface area contributed by atoms with Crippen molar-refractivity contribution in [3.05, 3.63) is 30.3 Å². The van der Waals surface area contributed by atoms with Gasteiger partial charge in [-0.25, -0.2) is 0 Å². The Kier molecular flexibility index (Phi) is 5.73. The van der Waals surface area contributed by atoms with Gasteiger partial charge in [0.1, 0.15) is 0 Å². The first-order valence-electron chi connectivity index (χ1n) is 6.89. The van der Waals surface area contributed by atoms with Crippen molar-refractivity contribution in [3.8, 4) is 0 Å². The highest BCUT2D eigenvalue weighted by molar-refractivity contribution is 7.99. The number of thioether (sulfide) groups is 1. The fourth-order valence-corrected chi connectivity index (χ4v) is 3.48. The lowest BCUT2D eigenvalue weighted by Gasteiger charge is -2.16. The van der Waals surface area contributed by atoms with Crippen molar-refractivity contribution >= 4 is 17.7 Å². The van der Waals surface area contributed by atoms with E-state index in [1.54, 1.807) is 0 Å². The van der Waals surface area contributed by atoms with E-state index in [1.807, 2.05) is 30.0 Å². The van der Waals surface area contributed by atoms with Gasteiger partial charge in [-0.2, -0.15) is 0 Å². The fraction of sp³-hybridized carbons (Fsp3) is 0.533. The van der Waals surface area contributed by atoms with Crippen LogP contribution in [0.1, 0.15) is 19.3 Å². The average Bonchev–Trinajstić information content (AvgIpc) is 2.88. The van der Waals surface area contributed by atoms with Crippen LogP contribution in [0, 0.1) is 11.8 Å². The predicted molar refractivity (Wildman–Crippen MR) is 78.5 cm³/mol. The highest BCUT2D eigenvalue weighted by Crippen LogP contribution is 2.31. The van der Waals surface area contributed by atoms with E-state index in [0.717, 1.165) is 38.1 Å². The Labute approximate surface area is 118 Å². The van der Waals surface area contributed by atoms with Crippen LogP contribution >= 0.6 is 11.8 Å². The normalized spacial score (nSPS) is 22.5. The van der Waals surface area contributed by atoms with Crippen molar-refractivity contribution in [1.82, 2.24) is 5.32 Å². The van der Waals surface area contributed by atoms with Gasteiger partial charge in [0.2, 0.25) is 0 Å². The summed E-state index contributed by atoms with van der Waals surface area (Å²) in [5.74, 6) is 0.588. The number of nitrogens with one attached hydrogen (secondary N) is 1. The number of hydrogen-bond acceptors (Lipinski definition) is 3. The standard InChI is InChI=1S/C15H21NO2S/c17-15(18)14-8-4-5-12(14)11-16-9-10-19-13-6-2-1-3-7-13/h1-3,6-7,12,14,16H,4-5,8-11H2,(H,17,18). The molecule has 104 valence electrons. The number of benzene rings is 1. The van der Waals surface area contributed by atoms with E-state index in [1.165, 1.54) is 4.90 Å². The quantitative estimate of drug-likeness (QED) is 0.595. The fourth-order valence-electron chi connectivity index (χ4n) is 2.65. The van der Waals surface area contributed by atoms with Gasteiger partial charge in [0.25, 0.3) is 0 Å². The molecule has 0 spiro atoms. The summed E-state index contributed by atoms with van der Waals surface area (Å²) in [6.45, 7) is 1.77. The summed E-state index contributed by atoms with van der Waals surface area (Å²) in [6, 6.07) is 10.3. The molecule has 0 saturated heterocycles. The van der Waals surface area contributed by atoms with Crippen LogP contribution < -0.4 is 5.32 Å². The third-order valence-corrected chi connectivity index (χ3v) is 4.69. The highest BCUT2D eigenvalue weighted by atomic mass is 32.2. The largest absolute Gasteiger partial charge is 0.481 e. The number of hydrogen-bond donors (Lipinski definition) is 2. The minimum Gasteiger partial charge on any atom is -0.481 e. The third-order valence-electron chi connectivity index (χ3n) is 3.67. The Morgan fingerprint density at radius 2 is 2.11 bits per heavy atom. The number of carbonyl (C=O) groups is 1. The molecule has 1 aliphatic carbocycles. The second kappa shape index (κ2) is 7.56. The Morgan fingerprint density at radius 3 is 2.84 bits per heavy atom. The Morgan fingerprint density at radius 1 is 1.32 bits per heavy atom. The number of carboxylic acid groups (broad SMARTS) is 1. The van der Waals surface area contributed by atoms with E-state index < -0.39 is 5.97 Å². The van der Waals surface area contributed by atoms with Gasteiger partial charge >= 0.3 is 5.97 Å². The molecule has 19 heavy (non-hydrogen) atoms. The lowest BCUT2D eigenvalue weighted by Crippen LogP contribution is -2.30. The minimum atomic E-state index is -0.622. The number of aliphatic carboxylic acids is 1. The summed E-state index contributed by atoms with van der Waals surface area (Å²) >= 11 is 1.83. The zero-order valence-corrected chi connectivity index (χ0v) is 11.9. The van der Waals surface area contributed by atoms with Gasteiger partial charge in [0.05, 0.1) is 5.92 Å². The molecule has 1 aliphatic rings. The molecule has 0 radical (unpaired) electrons. The van der Waals surface area contributed by atoms with Gasteiger partial charge in [-0.3, -0.25) is 4.79 Å². The molecule has 2 N–H and O–H groups in total. The summed E-state index contributed by atoms with van der Waals surface area (Å²) in [5.41, 5.74) is 0. The zero-order chi connectivity index (χ0) is 13.5. The van der Waals surface area contributed by atoms with E-state index in [4.69, 9.17) is 5.11 Å². The molecule has 1 aromatic rings. The molecule has 0 heterocycles. The second-order valence-corrected chi connectivity index (χ2v) is 6.17. The first-order valence-corrected chi connectivity index (χ1v) is 7.87. The average molecular weight is 279 g/mol. The lowest BCUT2D eigenvalue weighted by atomic mass is 9.96. The van der Waals surface area contributed by atoms with Gasteiger partial charge in [-0.1, -0.05) is 24.6 Å². The van der Waals surface area contributed by atoms with Crippen LogP contribution in [-0.4, -0.2) is 29.9 Å². The van der Waals surface area contributed by atoms with Crippen LogP contribution in [0.3, 0.4) is 0 Å². The molecule has 1 aromatic carbocycles. The number of rotatable bonds is 7. The maximum atomic E-state index is 11.1. The maximum Gasteiger partial charge on any atom is 0.306 e. The molecule has 2 atom stereocenters. The van der Waals surface area contributed by atoms with Crippen molar-refractivity contribution < 1.29 is 9.90 Å². The summed E-state index contributed by atoms with van der Waals surface area (Å²) < 4.78 is 0. The van der Waals surface area contributed by atoms with E-state index in [0.29, 0.717) is 5.92 Å². The van der Waals surface area contributed by atoms with E-state index in [-0.39, 0.29) is 5.92 Å². The molecule has 1 saturated carbocycles. The first-order chi connectivity index (χ1) is 9.27. The van der Waals surface area contributed by atoms with Crippen molar-refractivity contribution in [2.45, 2.75) is 24.2 Å². The summed E-state index contributed by atoms with van der Waals surface area (Å²) in [5, 5.41) is 12.5. The third kappa shape index (κ3) is 4.55. The molecule has 0 aliphatic heterocycles. The Bertz CT molecular complexity index is 396. The van der Waals surface area contributed by atoms with Gasteiger partial charge < -0.3 is 10.4 Å². The molecule has 0 amide bonds. The molecular weight excluding hydrogens is 258 g/mol. The van der Waals surface area contributed by atoms with Crippen molar-refractivity contribution in [2.75, 3.05) is 18.8 Å². The van der Waals surface area contributed by atoms with Gasteiger partial charge in [-0.15, -0.1) is 11.8 Å². The summed E-state index contributed by atoms with van der Waals surface area (Å²) in [7, 11) is 0. The SMILES string of the molecule is O=C(O)C1CCCC1CNCCSc1ccccc1. The Hall–Kier alpha value is -1.00. The molecule has 3 nitrogen and oxygen atoms in total. The van der Waals surface area contributed by atoms with Crippen molar-refractivity contribution in [3.63, 3.8) is 0 Å². The zero-order valence-electron chi connectivity index (χ0n) is 11.0. The molecule has 1 fully saturated rings. The molecule has 4 heteroatoms. The van der Waals surface area contributed by atoms with Gasteiger partial charge in [-0.05, 0) is 37.4 Å². The van der Waals surface area contributed by atoms with Crippen LogP contribution in [0.15, 0.2) is 35.2 Å². The van der Waals surface area contributed by atoms with Gasteiger partial charge in [0, 0.05) is 17.2 Å². The second-order valence-electron chi connectivity index (χ2n) is 5.00. The van der Waals surface area contributed by atoms with E-state index >= 15 is 0 Å². The van der Waals surface area contributed by atoms with E-state index in [2.05, 4.69) is 17.4 Å². The maximum absolute atomic E-state index is 11.1. The number of carboxylic acids is 1. The highest BCUT2D eigenvalue weighted by Gasteiger charge is 2.32. The minimum absolute atomic E-state index is 0.130. The van der Waals surface area contributed by atoms with Crippen LogP contribution in [0.2, 0.25) is 0 Å². The van der Waals surface area contributed by atoms with Crippen LogP contribution in [0.5, 0.6) is 0 Å². The van der Waals surface area contributed by atoms with Gasteiger partial charge in [0.15, 0.2) is 0 Å². The molecular formula is C15H21NO2S. The molecule has 0 aromatic heterocycles. The first kappa shape index (κ1) is 14.4. The van der Waals surface area contributed by atoms with Crippen LogP contribution in [0.25, 0.3) is 0 Å². The topological polar surface area (TPSA) is 49.3 Å². The monoisotopic (exact) mass is 279 g/mol. The van der Waals surface area contributed by atoms with E-state index in [9.17, 15) is 4.79 Å². The molecule has 2 unspecified atom stereocenters. The molecule has 2 rings (SSSR count). The smallest absolute Gasteiger partial charge is 0.306 e. The van der Waals surface area contributed by atoms with Crippen molar-refractivity contribution in [1.29, 1.82) is 0 Å². The summed E-state index contributed by atoms with van der Waals surface area (Å²) in [4.78, 5) is 12.3. The lowest BCUT2D eigenvalue weighted by molar-refractivity contribution is -0.142. The Balaban J connectivity index is 1.60. The summed E-state index contributed by atoms with van der Waals surface area (Å²) in [6.07, 6.45) is 2.96.